The molecule has 0 atom stereocenters. The van der Waals surface area contributed by atoms with E-state index >= 15 is 0 Å². The first-order valence-corrected chi connectivity index (χ1v) is 13.8. The predicted molar refractivity (Wildman–Crippen MR) is 166 cm³/mol. The molecule has 0 amide bonds. The summed E-state index contributed by atoms with van der Waals surface area (Å²) in [6, 6.07) is 15.6. The summed E-state index contributed by atoms with van der Waals surface area (Å²) < 4.78 is 2.86. The van der Waals surface area contributed by atoms with E-state index in [2.05, 4.69) is 0 Å². The minimum absolute atomic E-state index is 0.0438. The maximum absolute atomic E-state index is 13.5. The third-order valence-electron chi connectivity index (χ3n) is 7.13. The van der Waals surface area contributed by atoms with Crippen LogP contribution in [0.3, 0.4) is 0 Å². The Morgan fingerprint density at radius 2 is 1.26 bits per heavy atom. The van der Waals surface area contributed by atoms with Crippen molar-refractivity contribution in [3.8, 4) is 11.1 Å². The van der Waals surface area contributed by atoms with Gasteiger partial charge >= 0.3 is 11.9 Å². The molecule has 0 fully saturated rings. The van der Waals surface area contributed by atoms with Crippen molar-refractivity contribution >= 4 is 102 Å². The van der Waals surface area contributed by atoms with E-state index in [9.17, 15) is 29.4 Å². The van der Waals surface area contributed by atoms with Gasteiger partial charge in [0, 0.05) is 21.7 Å². The van der Waals surface area contributed by atoms with Crippen molar-refractivity contribution in [2.75, 3.05) is 0 Å². The van der Waals surface area contributed by atoms with E-state index in [1.165, 1.54) is 33.4 Å². The number of para-hydroxylation sites is 1. The van der Waals surface area contributed by atoms with Gasteiger partial charge in [0.05, 0.1) is 47.5 Å². The van der Waals surface area contributed by atoms with Crippen LogP contribution in [0.1, 0.15) is 0 Å². The minimum Gasteiger partial charge on any atom is -0.480 e. The number of pyridine rings is 2. The molecule has 0 aliphatic heterocycles. The van der Waals surface area contributed by atoms with Crippen molar-refractivity contribution in [3.05, 3.63) is 101 Å². The Bertz CT molecular complexity index is 2310. The van der Waals surface area contributed by atoms with Crippen LogP contribution in [-0.2, 0) is 22.7 Å². The largest absolute Gasteiger partial charge is 0.480 e. The maximum atomic E-state index is 13.5. The Hall–Kier alpha value is -4.08. The van der Waals surface area contributed by atoms with Gasteiger partial charge in [-0.15, -0.1) is 0 Å². The topological polar surface area (TPSA) is 119 Å². The molecule has 6 rings (SSSR count). The SMILES string of the molecule is O=C(O)Cn1c2cc(-c3cc(Cl)c4c(=O)c5ccccc5n(CC(=O)O)c4c3Cl)ccc2c(=O)c2cc(Cl)c(Cl)cc21. The molecule has 0 aliphatic rings. The van der Waals surface area contributed by atoms with E-state index in [4.69, 9.17) is 46.4 Å². The summed E-state index contributed by atoms with van der Waals surface area (Å²) in [4.78, 5) is 50.7. The number of aromatic nitrogens is 2. The van der Waals surface area contributed by atoms with Gasteiger partial charge in [0.1, 0.15) is 13.1 Å². The van der Waals surface area contributed by atoms with E-state index in [1.807, 2.05) is 0 Å². The molecule has 0 bridgehead atoms. The average Bonchev–Trinajstić information content (AvgIpc) is 2.95. The van der Waals surface area contributed by atoms with Crippen LogP contribution in [0.5, 0.6) is 0 Å². The number of halogens is 4. The second-order valence-corrected chi connectivity index (χ2v) is 11.2. The summed E-state index contributed by atoms with van der Waals surface area (Å²) >= 11 is 26.0. The molecule has 2 N–H and O–H groups in total. The van der Waals surface area contributed by atoms with Crippen molar-refractivity contribution < 1.29 is 19.8 Å². The van der Waals surface area contributed by atoms with Gasteiger partial charge in [0.25, 0.3) is 0 Å². The van der Waals surface area contributed by atoms with Crippen molar-refractivity contribution in [3.63, 3.8) is 0 Å². The van der Waals surface area contributed by atoms with Gasteiger partial charge in [-0.1, -0.05) is 64.6 Å². The van der Waals surface area contributed by atoms with Gasteiger partial charge in [-0.3, -0.25) is 19.2 Å². The number of carboxylic acid groups (broad SMARTS) is 2. The molecule has 0 aliphatic carbocycles. The van der Waals surface area contributed by atoms with Gasteiger partial charge < -0.3 is 19.3 Å². The summed E-state index contributed by atoms with van der Waals surface area (Å²) in [5.74, 6) is -2.31. The monoisotopic (exact) mass is 640 g/mol. The molecule has 42 heavy (non-hydrogen) atoms. The lowest BCUT2D eigenvalue weighted by molar-refractivity contribution is -0.138. The second kappa shape index (κ2) is 10.3. The summed E-state index contributed by atoms with van der Waals surface area (Å²) in [5.41, 5.74) is 1.04. The number of carboxylic acids is 2. The first-order valence-electron chi connectivity index (χ1n) is 12.3. The van der Waals surface area contributed by atoms with Gasteiger partial charge in [0.15, 0.2) is 10.9 Å². The van der Waals surface area contributed by atoms with Gasteiger partial charge in [-0.2, -0.15) is 0 Å². The lowest BCUT2D eigenvalue weighted by atomic mass is 9.99. The first-order chi connectivity index (χ1) is 20.0. The van der Waals surface area contributed by atoms with Crippen molar-refractivity contribution in [2.24, 2.45) is 0 Å². The molecule has 0 spiro atoms. The molecule has 2 heterocycles. The normalized spacial score (nSPS) is 11.6. The highest BCUT2D eigenvalue weighted by Crippen LogP contribution is 2.40. The number of rotatable bonds is 5. The van der Waals surface area contributed by atoms with Crippen LogP contribution in [-0.4, -0.2) is 31.3 Å². The molecule has 6 aromatic rings. The predicted octanol–water partition coefficient (Wildman–Crippen LogP) is 7.07. The van der Waals surface area contributed by atoms with E-state index in [0.717, 1.165) is 0 Å². The number of carbonyl (C=O) groups is 2. The van der Waals surface area contributed by atoms with Gasteiger partial charge in [0.2, 0.25) is 0 Å². The molecule has 210 valence electrons. The fourth-order valence-electron chi connectivity index (χ4n) is 5.38. The van der Waals surface area contributed by atoms with Crippen LogP contribution in [0.15, 0.2) is 70.3 Å². The number of benzene rings is 4. The molecule has 8 nitrogen and oxygen atoms in total. The van der Waals surface area contributed by atoms with E-state index in [1.54, 1.807) is 36.4 Å². The van der Waals surface area contributed by atoms with Crippen LogP contribution < -0.4 is 10.9 Å². The number of fused-ring (bicyclic) bond motifs is 4. The van der Waals surface area contributed by atoms with Crippen LogP contribution in [0.25, 0.3) is 54.7 Å². The molecule has 0 saturated heterocycles. The van der Waals surface area contributed by atoms with Crippen LogP contribution in [0, 0.1) is 0 Å². The number of aliphatic carboxylic acids is 2. The second-order valence-electron chi connectivity index (χ2n) is 9.59. The summed E-state index contributed by atoms with van der Waals surface area (Å²) in [7, 11) is 0. The fraction of sp³-hybridized carbons (Fsp3) is 0.0667. The highest BCUT2D eigenvalue weighted by Gasteiger charge is 2.22. The standard InChI is InChI=1S/C30H16Cl4N2O6/c31-18-9-17-23(10-19(18)32)35(11-24(37)38)22-7-13(5-6-15(22)29(17)41)16-8-20(33)26-28(27(16)34)36(12-25(39)40)21-4-2-1-3-14(21)30(26)42/h1-10H,11-12H2,(H,37,38)(H,39,40). The third kappa shape index (κ3) is 4.39. The van der Waals surface area contributed by atoms with E-state index in [-0.39, 0.29) is 63.6 Å². The zero-order valence-electron chi connectivity index (χ0n) is 21.1. The maximum Gasteiger partial charge on any atom is 0.323 e. The average molecular weight is 642 g/mol. The molecule has 4 aromatic carbocycles. The van der Waals surface area contributed by atoms with E-state index < -0.39 is 30.5 Å². The smallest absolute Gasteiger partial charge is 0.323 e. The molecular formula is C30H16Cl4N2O6. The lowest BCUT2D eigenvalue weighted by Gasteiger charge is -2.19. The van der Waals surface area contributed by atoms with Crippen LogP contribution in [0.4, 0.5) is 0 Å². The van der Waals surface area contributed by atoms with Crippen molar-refractivity contribution in [1.82, 2.24) is 9.13 Å². The highest BCUT2D eigenvalue weighted by molar-refractivity contribution is 6.43. The van der Waals surface area contributed by atoms with Crippen LogP contribution >= 0.6 is 46.4 Å². The Morgan fingerprint density at radius 1 is 0.643 bits per heavy atom. The van der Waals surface area contributed by atoms with Gasteiger partial charge in [-0.25, -0.2) is 0 Å². The minimum atomic E-state index is -1.16. The zero-order valence-corrected chi connectivity index (χ0v) is 24.1. The highest BCUT2D eigenvalue weighted by atomic mass is 35.5. The Morgan fingerprint density at radius 3 is 1.98 bits per heavy atom. The molecule has 2 aromatic heterocycles. The zero-order chi connectivity index (χ0) is 30.0. The lowest BCUT2D eigenvalue weighted by Crippen LogP contribution is -2.17. The summed E-state index contributed by atoms with van der Waals surface area (Å²) in [6.45, 7) is -0.993. The molecule has 0 radical (unpaired) electrons. The molecular weight excluding hydrogens is 626 g/mol. The quantitative estimate of drug-likeness (QED) is 0.194. The summed E-state index contributed by atoms with van der Waals surface area (Å²) in [6.07, 6.45) is 0. The van der Waals surface area contributed by atoms with Crippen molar-refractivity contribution in [2.45, 2.75) is 13.1 Å². The van der Waals surface area contributed by atoms with Gasteiger partial charge in [-0.05, 0) is 48.0 Å². The molecule has 12 heteroatoms. The Balaban J connectivity index is 1.73. The summed E-state index contributed by atoms with van der Waals surface area (Å²) in [5, 5.41) is 20.6. The molecule has 0 saturated carbocycles. The van der Waals surface area contributed by atoms with Crippen molar-refractivity contribution in [1.29, 1.82) is 0 Å². The first kappa shape index (κ1) is 28.1. The number of hydrogen-bond acceptors (Lipinski definition) is 4. The number of hydrogen-bond donors (Lipinski definition) is 2. The fourth-order valence-corrected chi connectivity index (χ4v) is 6.35. The van der Waals surface area contributed by atoms with E-state index in [0.29, 0.717) is 16.6 Å². The third-order valence-corrected chi connectivity index (χ3v) is 8.54. The Labute approximate surface area is 255 Å². The Kier molecular flexibility index (Phi) is 6.90. The van der Waals surface area contributed by atoms with Crippen LogP contribution in [0.2, 0.25) is 20.1 Å². The number of nitrogens with zero attached hydrogens (tertiary/aromatic N) is 2. The molecule has 0 unspecified atom stereocenters.